The number of halogens is 2. The van der Waals surface area contributed by atoms with Crippen molar-refractivity contribution < 1.29 is 4.39 Å². The van der Waals surface area contributed by atoms with Crippen molar-refractivity contribution in [1.29, 1.82) is 0 Å². The summed E-state index contributed by atoms with van der Waals surface area (Å²) < 4.78 is 15.1. The second-order valence-corrected chi connectivity index (χ2v) is 7.14. The lowest BCUT2D eigenvalue weighted by molar-refractivity contribution is 0.548. The topological polar surface area (TPSA) is 12.0 Å². The van der Waals surface area contributed by atoms with Crippen LogP contribution in [0.2, 0.25) is 0 Å². The standard InChI is InChI=1S/C18H21BrFN/c1-18(2,3)15-8-6-5-7-13(15)17(21-4)14-11-12(19)9-10-16(14)20/h5-11,17,21H,1-4H3. The zero-order valence-electron chi connectivity index (χ0n) is 12.9. The third kappa shape index (κ3) is 3.53. The second-order valence-electron chi connectivity index (χ2n) is 6.22. The van der Waals surface area contributed by atoms with Crippen LogP contribution >= 0.6 is 15.9 Å². The molecule has 0 saturated heterocycles. The van der Waals surface area contributed by atoms with Crippen molar-refractivity contribution in [2.45, 2.75) is 32.2 Å². The lowest BCUT2D eigenvalue weighted by Gasteiger charge is -2.28. The molecule has 2 rings (SSSR count). The molecule has 2 aromatic rings. The van der Waals surface area contributed by atoms with Gasteiger partial charge in [0.25, 0.3) is 0 Å². The van der Waals surface area contributed by atoms with E-state index in [0.717, 1.165) is 10.0 Å². The molecule has 0 aliphatic carbocycles. The molecule has 0 bridgehead atoms. The highest BCUT2D eigenvalue weighted by Gasteiger charge is 2.24. The van der Waals surface area contributed by atoms with Crippen LogP contribution < -0.4 is 5.32 Å². The van der Waals surface area contributed by atoms with Crippen LogP contribution in [0.4, 0.5) is 4.39 Å². The van der Waals surface area contributed by atoms with Crippen LogP contribution in [0.1, 0.15) is 43.5 Å². The number of hydrogen-bond donors (Lipinski definition) is 1. The molecule has 1 N–H and O–H groups in total. The first kappa shape index (κ1) is 16.2. The maximum atomic E-state index is 14.3. The van der Waals surface area contributed by atoms with Gasteiger partial charge in [-0.05, 0) is 41.8 Å². The Bertz CT molecular complexity index is 631. The normalized spacial score (nSPS) is 13.2. The fourth-order valence-electron chi connectivity index (χ4n) is 2.65. The van der Waals surface area contributed by atoms with Gasteiger partial charge in [0.2, 0.25) is 0 Å². The highest BCUT2D eigenvalue weighted by atomic mass is 79.9. The molecule has 0 heterocycles. The SMILES string of the molecule is CNC(c1cc(Br)ccc1F)c1ccccc1C(C)(C)C. The van der Waals surface area contributed by atoms with Crippen molar-refractivity contribution in [1.82, 2.24) is 5.32 Å². The van der Waals surface area contributed by atoms with Crippen LogP contribution in [-0.4, -0.2) is 7.05 Å². The summed E-state index contributed by atoms with van der Waals surface area (Å²) in [6.07, 6.45) is 0. The molecule has 1 atom stereocenters. The summed E-state index contributed by atoms with van der Waals surface area (Å²) in [5, 5.41) is 3.25. The fourth-order valence-corrected chi connectivity index (χ4v) is 3.02. The Kier molecular flexibility index (Phi) is 4.84. The molecule has 0 aliphatic rings. The van der Waals surface area contributed by atoms with Crippen molar-refractivity contribution in [3.8, 4) is 0 Å². The van der Waals surface area contributed by atoms with Gasteiger partial charge in [-0.25, -0.2) is 4.39 Å². The zero-order chi connectivity index (χ0) is 15.6. The van der Waals surface area contributed by atoms with E-state index in [2.05, 4.69) is 54.2 Å². The average Bonchev–Trinajstić information content (AvgIpc) is 2.43. The van der Waals surface area contributed by atoms with Crippen LogP contribution in [0.15, 0.2) is 46.9 Å². The first-order valence-corrected chi connectivity index (χ1v) is 7.85. The number of rotatable bonds is 3. The monoisotopic (exact) mass is 349 g/mol. The van der Waals surface area contributed by atoms with Gasteiger partial charge in [0, 0.05) is 10.0 Å². The van der Waals surface area contributed by atoms with E-state index in [1.54, 1.807) is 6.07 Å². The predicted octanol–water partition coefficient (Wildman–Crippen LogP) is 5.19. The lowest BCUT2D eigenvalue weighted by atomic mass is 9.80. The quantitative estimate of drug-likeness (QED) is 0.803. The molecule has 112 valence electrons. The molecule has 0 saturated carbocycles. The van der Waals surface area contributed by atoms with Crippen molar-refractivity contribution in [2.24, 2.45) is 0 Å². The van der Waals surface area contributed by atoms with E-state index < -0.39 is 0 Å². The smallest absolute Gasteiger partial charge is 0.128 e. The predicted molar refractivity (Wildman–Crippen MR) is 90.1 cm³/mol. The van der Waals surface area contributed by atoms with Gasteiger partial charge in [-0.1, -0.05) is 61.0 Å². The Balaban J connectivity index is 2.60. The number of hydrogen-bond acceptors (Lipinski definition) is 1. The van der Waals surface area contributed by atoms with Crippen LogP contribution in [0.25, 0.3) is 0 Å². The van der Waals surface area contributed by atoms with Gasteiger partial charge in [-0.3, -0.25) is 0 Å². The van der Waals surface area contributed by atoms with Crippen LogP contribution in [-0.2, 0) is 5.41 Å². The minimum atomic E-state index is -0.193. The van der Waals surface area contributed by atoms with Gasteiger partial charge >= 0.3 is 0 Å². The van der Waals surface area contributed by atoms with Gasteiger partial charge in [0.15, 0.2) is 0 Å². The van der Waals surface area contributed by atoms with E-state index in [0.29, 0.717) is 5.56 Å². The van der Waals surface area contributed by atoms with Gasteiger partial charge in [-0.2, -0.15) is 0 Å². The summed E-state index contributed by atoms with van der Waals surface area (Å²) in [5.74, 6) is -0.193. The van der Waals surface area contributed by atoms with Crippen molar-refractivity contribution >= 4 is 15.9 Å². The third-order valence-electron chi connectivity index (χ3n) is 3.64. The molecular formula is C18H21BrFN. The number of nitrogens with one attached hydrogen (secondary N) is 1. The fraction of sp³-hybridized carbons (Fsp3) is 0.333. The van der Waals surface area contributed by atoms with E-state index >= 15 is 0 Å². The molecular weight excluding hydrogens is 329 g/mol. The maximum absolute atomic E-state index is 14.3. The Labute approximate surface area is 134 Å². The van der Waals surface area contributed by atoms with Crippen molar-refractivity contribution in [3.05, 3.63) is 69.4 Å². The molecule has 0 radical (unpaired) electrons. The number of benzene rings is 2. The Morgan fingerprint density at radius 2 is 1.71 bits per heavy atom. The Morgan fingerprint density at radius 1 is 1.05 bits per heavy atom. The van der Waals surface area contributed by atoms with Crippen LogP contribution in [0.5, 0.6) is 0 Å². The largest absolute Gasteiger partial charge is 0.309 e. The van der Waals surface area contributed by atoms with E-state index in [-0.39, 0.29) is 17.3 Å². The Morgan fingerprint density at radius 3 is 2.33 bits per heavy atom. The highest BCUT2D eigenvalue weighted by Crippen LogP contribution is 2.34. The van der Waals surface area contributed by atoms with E-state index in [1.807, 2.05) is 25.2 Å². The second kappa shape index (κ2) is 6.29. The molecule has 2 aromatic carbocycles. The third-order valence-corrected chi connectivity index (χ3v) is 4.13. The molecule has 0 fully saturated rings. The van der Waals surface area contributed by atoms with E-state index in [9.17, 15) is 4.39 Å². The summed E-state index contributed by atoms with van der Waals surface area (Å²) in [4.78, 5) is 0. The minimum absolute atomic E-state index is 0.00812. The summed E-state index contributed by atoms with van der Waals surface area (Å²) in [7, 11) is 1.87. The molecule has 1 nitrogen and oxygen atoms in total. The summed E-state index contributed by atoms with van der Waals surface area (Å²) in [6, 6.07) is 13.1. The molecule has 0 aromatic heterocycles. The van der Waals surface area contributed by atoms with Crippen LogP contribution in [0, 0.1) is 5.82 Å². The van der Waals surface area contributed by atoms with E-state index in [4.69, 9.17) is 0 Å². The molecule has 0 aliphatic heterocycles. The zero-order valence-corrected chi connectivity index (χ0v) is 14.5. The average molecular weight is 350 g/mol. The lowest BCUT2D eigenvalue weighted by Crippen LogP contribution is -2.24. The molecule has 1 unspecified atom stereocenters. The van der Waals surface area contributed by atoms with Gasteiger partial charge in [0.05, 0.1) is 6.04 Å². The van der Waals surface area contributed by atoms with Crippen LogP contribution in [0.3, 0.4) is 0 Å². The molecule has 21 heavy (non-hydrogen) atoms. The van der Waals surface area contributed by atoms with Crippen molar-refractivity contribution in [2.75, 3.05) is 7.05 Å². The first-order chi connectivity index (χ1) is 9.84. The first-order valence-electron chi connectivity index (χ1n) is 7.06. The van der Waals surface area contributed by atoms with Gasteiger partial charge < -0.3 is 5.32 Å². The van der Waals surface area contributed by atoms with Gasteiger partial charge in [0.1, 0.15) is 5.82 Å². The summed E-state index contributed by atoms with van der Waals surface area (Å²) in [5.41, 5.74) is 3.01. The molecule has 0 amide bonds. The molecule has 0 spiro atoms. The maximum Gasteiger partial charge on any atom is 0.128 e. The highest BCUT2D eigenvalue weighted by molar-refractivity contribution is 9.10. The summed E-state index contributed by atoms with van der Waals surface area (Å²) >= 11 is 3.43. The minimum Gasteiger partial charge on any atom is -0.309 e. The van der Waals surface area contributed by atoms with Crippen molar-refractivity contribution in [3.63, 3.8) is 0 Å². The Hall–Kier alpha value is -1.19. The summed E-state index contributed by atoms with van der Waals surface area (Å²) in [6.45, 7) is 6.53. The van der Waals surface area contributed by atoms with Gasteiger partial charge in [-0.15, -0.1) is 0 Å². The molecule has 3 heteroatoms. The van der Waals surface area contributed by atoms with E-state index in [1.165, 1.54) is 11.6 Å².